The highest BCUT2D eigenvalue weighted by Crippen LogP contribution is 2.22. The maximum absolute atomic E-state index is 11.8. The first kappa shape index (κ1) is 17.6. The van der Waals surface area contributed by atoms with Gasteiger partial charge in [-0.3, -0.25) is 4.79 Å². The molecule has 0 spiro atoms. The molecule has 1 amide bonds. The maximum Gasteiger partial charge on any atom is 0.259 e. The fourth-order valence-corrected chi connectivity index (χ4v) is 2.01. The predicted molar refractivity (Wildman–Crippen MR) is 95.2 cm³/mol. The average Bonchev–Trinajstić information content (AvgIpc) is 2.61. The zero-order chi connectivity index (χ0) is 17.4. The monoisotopic (exact) mass is 347 g/mol. The SMILES string of the molecule is COc1ccc(/C=N\NC(=O)CNc2ccc(Cl)cc2)c(OC)c1. The third kappa shape index (κ3) is 5.17. The van der Waals surface area contributed by atoms with Crippen molar-refractivity contribution in [3.8, 4) is 11.5 Å². The number of methoxy groups -OCH3 is 2. The van der Waals surface area contributed by atoms with E-state index >= 15 is 0 Å². The summed E-state index contributed by atoms with van der Waals surface area (Å²) >= 11 is 5.80. The normalized spacial score (nSPS) is 10.5. The number of amides is 1. The molecule has 0 unspecified atom stereocenters. The smallest absolute Gasteiger partial charge is 0.259 e. The van der Waals surface area contributed by atoms with Crippen molar-refractivity contribution < 1.29 is 14.3 Å². The Morgan fingerprint density at radius 1 is 1.17 bits per heavy atom. The Balaban J connectivity index is 1.86. The molecule has 0 aliphatic heterocycles. The van der Waals surface area contributed by atoms with Crippen LogP contribution in [-0.2, 0) is 4.79 Å². The molecular weight excluding hydrogens is 330 g/mol. The minimum Gasteiger partial charge on any atom is -0.497 e. The fraction of sp³-hybridized carbons (Fsp3) is 0.176. The molecule has 7 heteroatoms. The summed E-state index contributed by atoms with van der Waals surface area (Å²) < 4.78 is 10.4. The van der Waals surface area contributed by atoms with Crippen molar-refractivity contribution in [1.82, 2.24) is 5.43 Å². The van der Waals surface area contributed by atoms with Crippen molar-refractivity contribution in [2.24, 2.45) is 5.10 Å². The summed E-state index contributed by atoms with van der Waals surface area (Å²) in [5.74, 6) is 1.01. The van der Waals surface area contributed by atoms with Gasteiger partial charge in [-0.25, -0.2) is 5.43 Å². The molecule has 24 heavy (non-hydrogen) atoms. The molecule has 0 atom stereocenters. The zero-order valence-corrected chi connectivity index (χ0v) is 14.1. The van der Waals surface area contributed by atoms with Crippen LogP contribution < -0.4 is 20.2 Å². The molecule has 0 aliphatic carbocycles. The van der Waals surface area contributed by atoms with Crippen molar-refractivity contribution in [2.75, 3.05) is 26.1 Å². The Hall–Kier alpha value is -2.73. The van der Waals surface area contributed by atoms with E-state index in [-0.39, 0.29) is 12.5 Å². The lowest BCUT2D eigenvalue weighted by molar-refractivity contribution is -0.119. The van der Waals surface area contributed by atoms with Gasteiger partial charge < -0.3 is 14.8 Å². The Kier molecular flexibility index (Phi) is 6.45. The number of benzene rings is 2. The first-order chi connectivity index (χ1) is 11.6. The number of rotatable bonds is 7. The molecule has 2 rings (SSSR count). The Bertz CT molecular complexity index is 718. The molecule has 0 aromatic heterocycles. The Labute approximate surface area is 145 Å². The van der Waals surface area contributed by atoms with Crippen molar-refractivity contribution in [3.63, 3.8) is 0 Å². The third-order valence-electron chi connectivity index (χ3n) is 3.13. The Morgan fingerprint density at radius 3 is 2.58 bits per heavy atom. The van der Waals surface area contributed by atoms with Crippen molar-refractivity contribution in [3.05, 3.63) is 53.1 Å². The zero-order valence-electron chi connectivity index (χ0n) is 13.4. The lowest BCUT2D eigenvalue weighted by Gasteiger charge is -2.07. The van der Waals surface area contributed by atoms with E-state index in [1.54, 1.807) is 56.7 Å². The third-order valence-corrected chi connectivity index (χ3v) is 3.38. The number of hydrogen-bond donors (Lipinski definition) is 2. The van der Waals surface area contributed by atoms with Crippen molar-refractivity contribution in [1.29, 1.82) is 0 Å². The van der Waals surface area contributed by atoms with Gasteiger partial charge in [-0.1, -0.05) is 11.6 Å². The average molecular weight is 348 g/mol. The number of carbonyl (C=O) groups is 1. The molecule has 0 saturated heterocycles. The number of anilines is 1. The summed E-state index contributed by atoms with van der Waals surface area (Å²) in [6, 6.07) is 12.4. The topological polar surface area (TPSA) is 72.0 Å². The number of halogens is 1. The van der Waals surface area contributed by atoms with Crippen LogP contribution in [0.5, 0.6) is 11.5 Å². The summed E-state index contributed by atoms with van der Waals surface area (Å²) in [5.41, 5.74) is 3.98. The summed E-state index contributed by atoms with van der Waals surface area (Å²) in [7, 11) is 3.14. The largest absolute Gasteiger partial charge is 0.497 e. The number of hydrazone groups is 1. The van der Waals surface area contributed by atoms with Gasteiger partial charge in [-0.05, 0) is 36.4 Å². The first-order valence-electron chi connectivity index (χ1n) is 7.15. The highest BCUT2D eigenvalue weighted by atomic mass is 35.5. The van der Waals surface area contributed by atoms with Gasteiger partial charge in [0.15, 0.2) is 0 Å². The summed E-state index contributed by atoms with van der Waals surface area (Å²) in [6.45, 7) is 0.0960. The number of nitrogens with one attached hydrogen (secondary N) is 2. The second-order valence-electron chi connectivity index (χ2n) is 4.76. The summed E-state index contributed by atoms with van der Waals surface area (Å²) in [5, 5.41) is 7.54. The van der Waals surface area contributed by atoms with Crippen LogP contribution in [0.15, 0.2) is 47.6 Å². The fourth-order valence-electron chi connectivity index (χ4n) is 1.89. The second-order valence-corrected chi connectivity index (χ2v) is 5.20. The van der Waals surface area contributed by atoms with Crippen LogP contribution in [0.2, 0.25) is 5.02 Å². The van der Waals surface area contributed by atoms with E-state index in [2.05, 4.69) is 15.8 Å². The highest BCUT2D eigenvalue weighted by Gasteiger charge is 2.03. The van der Waals surface area contributed by atoms with Gasteiger partial charge >= 0.3 is 0 Å². The highest BCUT2D eigenvalue weighted by molar-refractivity contribution is 6.30. The molecule has 6 nitrogen and oxygen atoms in total. The van der Waals surface area contributed by atoms with E-state index in [4.69, 9.17) is 21.1 Å². The van der Waals surface area contributed by atoms with Gasteiger partial charge in [0.05, 0.1) is 27.0 Å². The minimum absolute atomic E-state index is 0.0960. The molecular formula is C17H18ClN3O3. The molecule has 0 aliphatic rings. The van der Waals surface area contributed by atoms with Crippen molar-refractivity contribution in [2.45, 2.75) is 0 Å². The van der Waals surface area contributed by atoms with Crippen LogP contribution >= 0.6 is 11.6 Å². The lowest BCUT2D eigenvalue weighted by atomic mass is 10.2. The molecule has 2 aromatic rings. The van der Waals surface area contributed by atoms with Crippen LogP contribution in [0.4, 0.5) is 5.69 Å². The molecule has 0 bridgehead atoms. The number of ether oxygens (including phenoxy) is 2. The molecule has 126 valence electrons. The van der Waals surface area contributed by atoms with E-state index < -0.39 is 0 Å². The first-order valence-corrected chi connectivity index (χ1v) is 7.53. The molecule has 0 fully saturated rings. The minimum atomic E-state index is -0.270. The predicted octanol–water partition coefficient (Wildman–Crippen LogP) is 2.92. The second kappa shape index (κ2) is 8.79. The van der Waals surface area contributed by atoms with Gasteiger partial charge in [0.1, 0.15) is 11.5 Å². The van der Waals surface area contributed by atoms with Crippen LogP contribution in [0.1, 0.15) is 5.56 Å². The van der Waals surface area contributed by atoms with Crippen LogP contribution in [0.3, 0.4) is 0 Å². The summed E-state index contributed by atoms with van der Waals surface area (Å²) in [6.07, 6.45) is 1.51. The molecule has 0 heterocycles. The van der Waals surface area contributed by atoms with E-state index in [1.165, 1.54) is 6.21 Å². The number of hydrogen-bond acceptors (Lipinski definition) is 5. The van der Waals surface area contributed by atoms with E-state index in [0.717, 1.165) is 11.3 Å². The van der Waals surface area contributed by atoms with Gasteiger partial charge in [-0.2, -0.15) is 5.10 Å². The van der Waals surface area contributed by atoms with Gasteiger partial charge in [0.25, 0.3) is 5.91 Å². The maximum atomic E-state index is 11.8. The van der Waals surface area contributed by atoms with E-state index in [0.29, 0.717) is 16.5 Å². The number of nitrogens with zero attached hydrogens (tertiary/aromatic N) is 1. The van der Waals surface area contributed by atoms with Gasteiger partial charge in [0, 0.05) is 22.3 Å². The lowest BCUT2D eigenvalue weighted by Crippen LogP contribution is -2.25. The van der Waals surface area contributed by atoms with Crippen LogP contribution in [-0.4, -0.2) is 32.9 Å². The van der Waals surface area contributed by atoms with E-state index in [1.807, 2.05) is 0 Å². The molecule has 2 N–H and O–H groups in total. The van der Waals surface area contributed by atoms with Crippen molar-refractivity contribution >= 4 is 29.4 Å². The molecule has 0 saturated carbocycles. The molecule has 0 radical (unpaired) electrons. The van der Waals surface area contributed by atoms with Gasteiger partial charge in [-0.15, -0.1) is 0 Å². The Morgan fingerprint density at radius 2 is 1.92 bits per heavy atom. The molecule has 2 aromatic carbocycles. The number of carbonyl (C=O) groups excluding carboxylic acids is 1. The quantitative estimate of drug-likeness (QED) is 0.596. The summed E-state index contributed by atoms with van der Waals surface area (Å²) in [4.78, 5) is 11.8. The van der Waals surface area contributed by atoms with Gasteiger partial charge in [0.2, 0.25) is 0 Å². The van der Waals surface area contributed by atoms with E-state index in [9.17, 15) is 4.79 Å². The van der Waals surface area contributed by atoms with Crippen LogP contribution in [0, 0.1) is 0 Å². The standard InChI is InChI=1S/C17H18ClN3O3/c1-23-15-8-3-12(16(9-15)24-2)10-20-21-17(22)11-19-14-6-4-13(18)5-7-14/h3-10,19H,11H2,1-2H3,(H,21,22)/b20-10-. The van der Waals surface area contributed by atoms with Crippen LogP contribution in [0.25, 0.3) is 0 Å².